The summed E-state index contributed by atoms with van der Waals surface area (Å²) >= 11 is 0. The van der Waals surface area contributed by atoms with E-state index in [1.165, 1.54) is 16.7 Å². The second-order valence-electron chi connectivity index (χ2n) is 5.50. The van der Waals surface area contributed by atoms with Gasteiger partial charge in [-0.25, -0.2) is 0 Å². The number of benzene rings is 1. The number of carboxylic acids is 1. The van der Waals surface area contributed by atoms with Crippen LogP contribution in [0, 0.1) is 12.8 Å². The maximum Gasteiger partial charge on any atom is 0.307 e. The van der Waals surface area contributed by atoms with Gasteiger partial charge < -0.3 is 10.4 Å². The topological polar surface area (TPSA) is 49.3 Å². The highest BCUT2D eigenvalue weighted by Gasteiger charge is 2.30. The first-order chi connectivity index (χ1) is 8.49. The van der Waals surface area contributed by atoms with Crippen LogP contribution in [0.2, 0.25) is 0 Å². The van der Waals surface area contributed by atoms with E-state index < -0.39 is 5.97 Å². The molecule has 2 rings (SSSR count). The van der Waals surface area contributed by atoms with Crippen LogP contribution < -0.4 is 5.32 Å². The van der Waals surface area contributed by atoms with Crippen molar-refractivity contribution in [3.8, 4) is 0 Å². The van der Waals surface area contributed by atoms with E-state index in [1.54, 1.807) is 0 Å². The molecule has 1 heterocycles. The predicted octanol–water partition coefficient (Wildman–Crippen LogP) is 2.85. The van der Waals surface area contributed by atoms with Crippen molar-refractivity contribution in [3.63, 3.8) is 0 Å². The van der Waals surface area contributed by atoms with E-state index in [9.17, 15) is 4.79 Å². The third-order valence-corrected chi connectivity index (χ3v) is 3.83. The fraction of sp³-hybridized carbons (Fsp3) is 0.533. The zero-order chi connectivity index (χ0) is 13.3. The molecule has 1 fully saturated rings. The van der Waals surface area contributed by atoms with Gasteiger partial charge in [0.15, 0.2) is 0 Å². The number of aliphatic carboxylic acids is 1. The minimum absolute atomic E-state index is 0.185. The molecule has 1 aliphatic rings. The van der Waals surface area contributed by atoms with Crippen LogP contribution in [0.3, 0.4) is 0 Å². The Bertz CT molecular complexity index is 454. The van der Waals surface area contributed by atoms with Crippen LogP contribution in [-0.4, -0.2) is 17.6 Å². The minimum atomic E-state index is -0.692. The van der Waals surface area contributed by atoms with Crippen LogP contribution in [0.15, 0.2) is 18.2 Å². The summed E-state index contributed by atoms with van der Waals surface area (Å²) in [5, 5.41) is 12.4. The maximum atomic E-state index is 11.0. The average Bonchev–Trinajstić information content (AvgIpc) is 2.78. The van der Waals surface area contributed by atoms with Crippen molar-refractivity contribution in [3.05, 3.63) is 34.9 Å². The van der Waals surface area contributed by atoms with Crippen LogP contribution in [0.5, 0.6) is 0 Å². The van der Waals surface area contributed by atoms with Crippen molar-refractivity contribution in [2.75, 3.05) is 6.54 Å². The van der Waals surface area contributed by atoms with E-state index in [0.717, 1.165) is 0 Å². The standard InChI is InChI=1S/C15H21NO2/c1-9(2)11-5-4-10(3)13(6-11)14-7-12(8-16-14)15(17)18/h4-6,9,12,14,16H,7-8H2,1-3H3,(H,17,18). The van der Waals surface area contributed by atoms with Gasteiger partial charge in [-0.3, -0.25) is 4.79 Å². The zero-order valence-corrected chi connectivity index (χ0v) is 11.2. The summed E-state index contributed by atoms with van der Waals surface area (Å²) < 4.78 is 0. The lowest BCUT2D eigenvalue weighted by Crippen LogP contribution is -2.17. The lowest BCUT2D eigenvalue weighted by atomic mass is 9.92. The summed E-state index contributed by atoms with van der Waals surface area (Å²) in [6, 6.07) is 6.71. The van der Waals surface area contributed by atoms with Gasteiger partial charge in [-0.05, 0) is 36.0 Å². The van der Waals surface area contributed by atoms with E-state index in [-0.39, 0.29) is 12.0 Å². The Kier molecular flexibility index (Phi) is 3.71. The Labute approximate surface area is 108 Å². The summed E-state index contributed by atoms with van der Waals surface area (Å²) in [5.41, 5.74) is 3.81. The summed E-state index contributed by atoms with van der Waals surface area (Å²) in [6.45, 7) is 7.02. The van der Waals surface area contributed by atoms with Gasteiger partial charge in [0.2, 0.25) is 0 Å². The largest absolute Gasteiger partial charge is 0.481 e. The van der Waals surface area contributed by atoms with E-state index in [4.69, 9.17) is 5.11 Å². The van der Waals surface area contributed by atoms with Gasteiger partial charge in [0.1, 0.15) is 0 Å². The van der Waals surface area contributed by atoms with Gasteiger partial charge in [0.25, 0.3) is 0 Å². The molecule has 2 N–H and O–H groups in total. The number of hydrogen-bond acceptors (Lipinski definition) is 2. The average molecular weight is 247 g/mol. The SMILES string of the molecule is Cc1ccc(C(C)C)cc1C1CC(C(=O)O)CN1. The van der Waals surface area contributed by atoms with Crippen molar-refractivity contribution in [1.82, 2.24) is 5.32 Å². The minimum Gasteiger partial charge on any atom is -0.481 e. The Morgan fingerprint density at radius 2 is 2.17 bits per heavy atom. The van der Waals surface area contributed by atoms with Crippen molar-refractivity contribution < 1.29 is 9.90 Å². The maximum absolute atomic E-state index is 11.0. The van der Waals surface area contributed by atoms with E-state index >= 15 is 0 Å². The molecule has 0 bridgehead atoms. The number of carbonyl (C=O) groups is 1. The highest BCUT2D eigenvalue weighted by atomic mass is 16.4. The molecule has 0 aromatic heterocycles. The molecule has 2 atom stereocenters. The van der Waals surface area contributed by atoms with Crippen LogP contribution >= 0.6 is 0 Å². The molecular weight excluding hydrogens is 226 g/mol. The van der Waals surface area contributed by atoms with Crippen LogP contribution in [-0.2, 0) is 4.79 Å². The smallest absolute Gasteiger partial charge is 0.307 e. The Balaban J connectivity index is 2.23. The first-order valence-corrected chi connectivity index (χ1v) is 6.55. The molecule has 0 amide bonds. The van der Waals surface area contributed by atoms with Gasteiger partial charge in [0.05, 0.1) is 5.92 Å². The van der Waals surface area contributed by atoms with Crippen molar-refractivity contribution in [1.29, 1.82) is 0 Å². The summed E-state index contributed by atoms with van der Waals surface area (Å²) in [7, 11) is 0. The zero-order valence-electron chi connectivity index (χ0n) is 11.2. The first kappa shape index (κ1) is 13.1. The van der Waals surface area contributed by atoms with Crippen LogP contribution in [0.25, 0.3) is 0 Å². The highest BCUT2D eigenvalue weighted by Crippen LogP contribution is 2.31. The molecule has 1 aromatic rings. The molecule has 3 nitrogen and oxygen atoms in total. The molecule has 18 heavy (non-hydrogen) atoms. The highest BCUT2D eigenvalue weighted by molar-refractivity contribution is 5.70. The van der Waals surface area contributed by atoms with E-state index in [0.29, 0.717) is 18.9 Å². The normalized spacial score (nSPS) is 23.6. The monoisotopic (exact) mass is 247 g/mol. The second kappa shape index (κ2) is 5.11. The number of rotatable bonds is 3. The third kappa shape index (κ3) is 2.56. The summed E-state index contributed by atoms with van der Waals surface area (Å²) in [6.07, 6.45) is 0.692. The molecule has 0 saturated carbocycles. The van der Waals surface area contributed by atoms with Gasteiger partial charge in [-0.1, -0.05) is 32.0 Å². The summed E-state index contributed by atoms with van der Waals surface area (Å²) in [4.78, 5) is 11.0. The quantitative estimate of drug-likeness (QED) is 0.863. The predicted molar refractivity (Wildman–Crippen MR) is 71.8 cm³/mol. The fourth-order valence-electron chi connectivity index (χ4n) is 2.55. The van der Waals surface area contributed by atoms with Gasteiger partial charge in [-0.15, -0.1) is 0 Å². The fourth-order valence-corrected chi connectivity index (χ4v) is 2.55. The molecule has 1 aliphatic heterocycles. The number of hydrogen-bond donors (Lipinski definition) is 2. The third-order valence-electron chi connectivity index (χ3n) is 3.83. The molecule has 1 aromatic carbocycles. The van der Waals surface area contributed by atoms with Crippen LogP contribution in [0.4, 0.5) is 0 Å². The Morgan fingerprint density at radius 3 is 2.72 bits per heavy atom. The van der Waals surface area contributed by atoms with Crippen molar-refractivity contribution in [2.24, 2.45) is 5.92 Å². The lowest BCUT2D eigenvalue weighted by molar-refractivity contribution is -0.141. The first-order valence-electron chi connectivity index (χ1n) is 6.55. The Morgan fingerprint density at radius 1 is 1.44 bits per heavy atom. The molecule has 3 heteroatoms. The van der Waals surface area contributed by atoms with Crippen molar-refractivity contribution in [2.45, 2.75) is 39.2 Å². The lowest BCUT2D eigenvalue weighted by Gasteiger charge is -2.17. The van der Waals surface area contributed by atoms with Crippen molar-refractivity contribution >= 4 is 5.97 Å². The molecule has 0 spiro atoms. The molecular formula is C15H21NO2. The van der Waals surface area contributed by atoms with Gasteiger partial charge in [0, 0.05) is 12.6 Å². The molecule has 1 saturated heterocycles. The van der Waals surface area contributed by atoms with E-state index in [1.807, 2.05) is 0 Å². The second-order valence-corrected chi connectivity index (χ2v) is 5.50. The Hall–Kier alpha value is -1.35. The molecule has 0 aliphatic carbocycles. The number of aryl methyl sites for hydroxylation is 1. The molecule has 2 unspecified atom stereocenters. The molecule has 0 radical (unpaired) electrons. The van der Waals surface area contributed by atoms with Gasteiger partial charge in [-0.2, -0.15) is 0 Å². The van der Waals surface area contributed by atoms with Crippen LogP contribution in [0.1, 0.15) is 48.9 Å². The number of carboxylic acid groups (broad SMARTS) is 1. The molecule has 98 valence electrons. The number of nitrogens with one attached hydrogen (secondary N) is 1. The summed E-state index contributed by atoms with van der Waals surface area (Å²) in [5.74, 6) is -0.444. The van der Waals surface area contributed by atoms with Gasteiger partial charge >= 0.3 is 5.97 Å². The van der Waals surface area contributed by atoms with E-state index in [2.05, 4.69) is 44.3 Å².